The molecule has 1 unspecified atom stereocenters. The number of amidine groups is 2. The second-order valence-electron chi connectivity index (χ2n) is 14.5. The van der Waals surface area contributed by atoms with Crippen LogP contribution in [0, 0.1) is 0 Å². The zero-order chi connectivity index (χ0) is 37.5. The molecule has 1 atom stereocenters. The number of nitrogens with one attached hydrogen (secondary N) is 1. The predicted octanol–water partition coefficient (Wildman–Crippen LogP) is 12.5. The van der Waals surface area contributed by atoms with Crippen LogP contribution >= 0.6 is 0 Å². The van der Waals surface area contributed by atoms with Gasteiger partial charge < -0.3 is 9.88 Å². The van der Waals surface area contributed by atoms with E-state index in [0.717, 1.165) is 44.9 Å². The SMILES string of the molecule is CC1(c2ccccc2)N=C(c2ccc(-c3ccccc3)cc2)N=C(c2ccc(-c3ccc4c(c3)c3cccc(-c5ccccc5)c3n4-c3ccccc3)cc2)N1. The highest BCUT2D eigenvalue weighted by atomic mass is 15.2. The minimum Gasteiger partial charge on any atom is -0.342 e. The van der Waals surface area contributed by atoms with Crippen molar-refractivity contribution in [1.29, 1.82) is 0 Å². The highest BCUT2D eigenvalue weighted by molar-refractivity contribution is 6.15. The molecule has 0 bridgehead atoms. The van der Waals surface area contributed by atoms with Gasteiger partial charge in [-0.05, 0) is 64.6 Å². The number of aliphatic imine (C=N–C) groups is 2. The molecule has 1 aliphatic rings. The third-order valence-corrected chi connectivity index (χ3v) is 10.9. The van der Waals surface area contributed by atoms with Crippen molar-refractivity contribution in [3.8, 4) is 39.1 Å². The first-order valence-electron chi connectivity index (χ1n) is 19.1. The van der Waals surface area contributed by atoms with Crippen molar-refractivity contribution in [1.82, 2.24) is 9.88 Å². The van der Waals surface area contributed by atoms with E-state index < -0.39 is 5.66 Å². The first-order chi connectivity index (χ1) is 27.6. The summed E-state index contributed by atoms with van der Waals surface area (Å²) < 4.78 is 2.41. The molecule has 9 aromatic rings. The van der Waals surface area contributed by atoms with Crippen LogP contribution in [-0.2, 0) is 5.66 Å². The quantitative estimate of drug-likeness (QED) is 0.175. The maximum atomic E-state index is 5.22. The van der Waals surface area contributed by atoms with E-state index in [1.807, 2.05) is 12.1 Å². The van der Waals surface area contributed by atoms with Gasteiger partial charge in [-0.15, -0.1) is 0 Å². The Morgan fingerprint density at radius 1 is 0.446 bits per heavy atom. The Balaban J connectivity index is 1.04. The molecule has 0 fully saturated rings. The summed E-state index contributed by atoms with van der Waals surface area (Å²) in [6.45, 7) is 2.12. The Bertz CT molecular complexity index is 2890. The van der Waals surface area contributed by atoms with E-state index in [9.17, 15) is 0 Å². The number of para-hydroxylation sites is 2. The zero-order valence-corrected chi connectivity index (χ0v) is 31.0. The number of aromatic nitrogens is 1. The molecule has 1 N–H and O–H groups in total. The number of hydrogen-bond donors (Lipinski definition) is 1. The molecule has 2 heterocycles. The van der Waals surface area contributed by atoms with E-state index in [-0.39, 0.29) is 0 Å². The Hall–Kier alpha value is -7.30. The van der Waals surface area contributed by atoms with Crippen LogP contribution in [0.1, 0.15) is 23.6 Å². The smallest absolute Gasteiger partial charge is 0.159 e. The summed E-state index contributed by atoms with van der Waals surface area (Å²) in [6, 6.07) is 73.0. The molecule has 56 heavy (non-hydrogen) atoms. The van der Waals surface area contributed by atoms with Gasteiger partial charge in [-0.1, -0.05) is 182 Å². The fourth-order valence-electron chi connectivity index (χ4n) is 8.00. The molecule has 0 spiro atoms. The van der Waals surface area contributed by atoms with Gasteiger partial charge in [0.2, 0.25) is 0 Å². The maximum Gasteiger partial charge on any atom is 0.159 e. The number of fused-ring (bicyclic) bond motifs is 3. The van der Waals surface area contributed by atoms with Gasteiger partial charge in [0.25, 0.3) is 0 Å². The third-order valence-electron chi connectivity index (χ3n) is 10.9. The van der Waals surface area contributed by atoms with Crippen LogP contribution in [0.25, 0.3) is 60.9 Å². The van der Waals surface area contributed by atoms with Gasteiger partial charge in [-0.3, -0.25) is 0 Å². The van der Waals surface area contributed by atoms with Gasteiger partial charge in [0.05, 0.1) is 11.0 Å². The molecule has 1 aliphatic heterocycles. The first kappa shape index (κ1) is 33.3. The van der Waals surface area contributed by atoms with Crippen LogP contribution in [0.3, 0.4) is 0 Å². The van der Waals surface area contributed by atoms with Crippen LogP contribution in [0.4, 0.5) is 0 Å². The summed E-state index contributed by atoms with van der Waals surface area (Å²) in [5.74, 6) is 1.48. The van der Waals surface area contributed by atoms with Crippen LogP contribution < -0.4 is 5.32 Å². The van der Waals surface area contributed by atoms with Crippen molar-refractivity contribution in [2.24, 2.45) is 9.98 Å². The van der Waals surface area contributed by atoms with Gasteiger partial charge >= 0.3 is 0 Å². The van der Waals surface area contributed by atoms with E-state index in [2.05, 4.69) is 211 Å². The molecule has 8 aromatic carbocycles. The molecule has 0 aliphatic carbocycles. The molecule has 10 rings (SSSR count). The second kappa shape index (κ2) is 13.8. The minimum absolute atomic E-state index is 0.698. The normalized spacial score (nSPS) is 15.3. The van der Waals surface area contributed by atoms with Gasteiger partial charge in [0.15, 0.2) is 11.5 Å². The minimum atomic E-state index is -0.707. The monoisotopic (exact) mass is 718 g/mol. The Labute approximate surface area is 326 Å². The lowest BCUT2D eigenvalue weighted by Crippen LogP contribution is -2.46. The average Bonchev–Trinajstić information content (AvgIpc) is 3.61. The van der Waals surface area contributed by atoms with E-state index in [4.69, 9.17) is 9.98 Å². The topological polar surface area (TPSA) is 41.7 Å². The molecule has 0 amide bonds. The first-order valence-corrected chi connectivity index (χ1v) is 19.1. The van der Waals surface area contributed by atoms with Gasteiger partial charge in [-0.25, -0.2) is 9.98 Å². The third kappa shape index (κ3) is 5.98. The average molecular weight is 719 g/mol. The molecule has 4 nitrogen and oxygen atoms in total. The lowest BCUT2D eigenvalue weighted by Gasteiger charge is -2.33. The highest BCUT2D eigenvalue weighted by Gasteiger charge is 2.32. The van der Waals surface area contributed by atoms with Crippen molar-refractivity contribution in [3.05, 3.63) is 223 Å². The van der Waals surface area contributed by atoms with Crippen LogP contribution in [-0.4, -0.2) is 16.2 Å². The molecular weight excluding hydrogens is 681 g/mol. The number of hydrogen-bond acceptors (Lipinski definition) is 3. The number of nitrogens with zero attached hydrogens (tertiary/aromatic N) is 3. The molecule has 266 valence electrons. The van der Waals surface area contributed by atoms with Gasteiger partial charge in [0, 0.05) is 33.2 Å². The molecule has 0 radical (unpaired) electrons. The van der Waals surface area contributed by atoms with Crippen molar-refractivity contribution in [3.63, 3.8) is 0 Å². The van der Waals surface area contributed by atoms with E-state index in [1.165, 1.54) is 38.5 Å². The summed E-state index contributed by atoms with van der Waals surface area (Å²) in [5, 5.41) is 6.15. The summed E-state index contributed by atoms with van der Waals surface area (Å²) in [4.78, 5) is 10.4. The Kier molecular flexibility index (Phi) is 8.23. The second-order valence-corrected chi connectivity index (χ2v) is 14.5. The molecule has 1 aromatic heterocycles. The maximum absolute atomic E-state index is 5.22. The lowest BCUT2D eigenvalue weighted by atomic mass is 9.97. The highest BCUT2D eigenvalue weighted by Crippen LogP contribution is 2.40. The van der Waals surface area contributed by atoms with Crippen LogP contribution in [0.5, 0.6) is 0 Å². The standard InChI is InChI=1S/C52H38N4/c1-52(43-19-10-4-11-20-43)54-50(40-29-25-37(26-30-40)36-15-6-2-7-16-36)53-51(55-52)41-31-27-38(28-32-41)42-33-34-48-47(35-42)46-24-14-23-45(39-17-8-3-9-18-39)49(46)56(48)44-21-12-5-13-22-44/h2-35H,1H3,(H,53,54,55). The van der Waals surface area contributed by atoms with Gasteiger partial charge in [-0.2, -0.15) is 0 Å². The van der Waals surface area contributed by atoms with E-state index in [1.54, 1.807) is 0 Å². The number of benzene rings is 8. The molecule has 0 saturated heterocycles. The number of rotatable bonds is 7. The van der Waals surface area contributed by atoms with Gasteiger partial charge in [0.1, 0.15) is 5.84 Å². The van der Waals surface area contributed by atoms with Crippen molar-refractivity contribution in [2.45, 2.75) is 12.6 Å². The fraction of sp³-hybridized carbons (Fsp3) is 0.0385. The molecule has 4 heteroatoms. The predicted molar refractivity (Wildman–Crippen MR) is 234 cm³/mol. The Morgan fingerprint density at radius 3 is 1.66 bits per heavy atom. The summed E-state index contributed by atoms with van der Waals surface area (Å²) >= 11 is 0. The summed E-state index contributed by atoms with van der Waals surface area (Å²) in [7, 11) is 0. The van der Waals surface area contributed by atoms with Crippen LogP contribution in [0.2, 0.25) is 0 Å². The Morgan fingerprint density at radius 2 is 0.982 bits per heavy atom. The van der Waals surface area contributed by atoms with Crippen molar-refractivity contribution >= 4 is 33.5 Å². The molecule has 0 saturated carbocycles. The van der Waals surface area contributed by atoms with E-state index >= 15 is 0 Å². The largest absolute Gasteiger partial charge is 0.342 e. The van der Waals surface area contributed by atoms with E-state index in [0.29, 0.717) is 5.84 Å². The molecular formula is C52H38N4. The van der Waals surface area contributed by atoms with Crippen LogP contribution in [0.15, 0.2) is 216 Å². The van der Waals surface area contributed by atoms with Crippen molar-refractivity contribution < 1.29 is 0 Å². The van der Waals surface area contributed by atoms with Crippen molar-refractivity contribution in [2.75, 3.05) is 0 Å². The summed E-state index contributed by atoms with van der Waals surface area (Å²) in [6.07, 6.45) is 0. The fourth-order valence-corrected chi connectivity index (χ4v) is 8.00. The zero-order valence-electron chi connectivity index (χ0n) is 31.0. The summed E-state index contributed by atoms with van der Waals surface area (Å²) in [5.41, 5.74) is 12.9. The lowest BCUT2D eigenvalue weighted by molar-refractivity contribution is 0.455.